The number of ether oxygens (including phenoxy) is 1. The van der Waals surface area contributed by atoms with Crippen LogP contribution in [0, 0.1) is 0 Å². The van der Waals surface area contributed by atoms with Crippen LogP contribution >= 0.6 is 0 Å². The molecule has 0 spiro atoms. The van der Waals surface area contributed by atoms with Gasteiger partial charge >= 0.3 is 12.1 Å². The van der Waals surface area contributed by atoms with Gasteiger partial charge in [0.2, 0.25) is 0 Å². The topological polar surface area (TPSA) is 26.3 Å². The summed E-state index contributed by atoms with van der Waals surface area (Å²) in [5.41, 5.74) is 1.56. The number of alkyl halides is 3. The number of hydrogen-bond acceptors (Lipinski definition) is 2. The predicted molar refractivity (Wildman–Crippen MR) is 64.4 cm³/mol. The number of rotatable bonds is 2. The fraction of sp³-hybridized carbons (Fsp3) is 0.357. The van der Waals surface area contributed by atoms with Crippen LogP contribution in [0.1, 0.15) is 29.5 Å². The lowest BCUT2D eigenvalue weighted by atomic mass is 9.89. The summed E-state index contributed by atoms with van der Waals surface area (Å²) in [5.74, 6) is -0.373. The van der Waals surface area contributed by atoms with Crippen molar-refractivity contribution in [2.45, 2.75) is 25.4 Å². The van der Waals surface area contributed by atoms with Crippen molar-refractivity contribution < 1.29 is 22.7 Å². The fourth-order valence-electron chi connectivity index (χ4n) is 2.12. The van der Waals surface area contributed by atoms with E-state index in [0.717, 1.165) is 23.3 Å². The van der Waals surface area contributed by atoms with Crippen LogP contribution in [0.2, 0.25) is 0 Å². The molecule has 1 aliphatic carbocycles. The second-order valence-corrected chi connectivity index (χ2v) is 4.47. The molecular weight excluding hydrogens is 257 g/mol. The van der Waals surface area contributed by atoms with Crippen LogP contribution in [-0.2, 0) is 22.1 Å². The molecule has 0 unspecified atom stereocenters. The molecule has 0 N–H and O–H groups in total. The lowest BCUT2D eigenvalue weighted by Crippen LogP contribution is -2.09. The molecule has 0 saturated heterocycles. The summed E-state index contributed by atoms with van der Waals surface area (Å²) in [5, 5.41) is 0. The van der Waals surface area contributed by atoms with E-state index in [-0.39, 0.29) is 12.4 Å². The van der Waals surface area contributed by atoms with Gasteiger partial charge in [-0.1, -0.05) is 17.7 Å². The lowest BCUT2D eigenvalue weighted by molar-refractivity contribution is -0.140. The highest BCUT2D eigenvalue weighted by molar-refractivity contribution is 5.75. The minimum absolute atomic E-state index is 0.131. The Morgan fingerprint density at radius 3 is 2.68 bits per heavy atom. The molecule has 102 valence electrons. The average Bonchev–Trinajstić information content (AvgIpc) is 2.36. The summed E-state index contributed by atoms with van der Waals surface area (Å²) >= 11 is 0. The molecule has 19 heavy (non-hydrogen) atoms. The van der Waals surface area contributed by atoms with Crippen LogP contribution in [0.4, 0.5) is 13.2 Å². The van der Waals surface area contributed by atoms with Crippen LogP contribution in [0.25, 0.3) is 6.08 Å². The molecule has 0 aromatic heterocycles. The van der Waals surface area contributed by atoms with Crippen molar-refractivity contribution in [1.82, 2.24) is 0 Å². The Balaban J connectivity index is 2.30. The van der Waals surface area contributed by atoms with E-state index >= 15 is 0 Å². The zero-order valence-electron chi connectivity index (χ0n) is 10.4. The number of benzene rings is 1. The smallest absolute Gasteiger partial charge is 0.416 e. The van der Waals surface area contributed by atoms with E-state index in [0.29, 0.717) is 18.4 Å². The monoisotopic (exact) mass is 270 g/mol. The van der Waals surface area contributed by atoms with Gasteiger partial charge in [-0.2, -0.15) is 13.2 Å². The van der Waals surface area contributed by atoms with E-state index < -0.39 is 11.7 Å². The molecule has 0 saturated carbocycles. The predicted octanol–water partition coefficient (Wildman–Crippen LogP) is 3.60. The molecule has 0 atom stereocenters. The number of esters is 1. The summed E-state index contributed by atoms with van der Waals surface area (Å²) in [7, 11) is 1.29. The quantitative estimate of drug-likeness (QED) is 0.767. The molecular formula is C14H13F3O2. The zero-order valence-corrected chi connectivity index (χ0v) is 10.4. The number of halogens is 3. The van der Waals surface area contributed by atoms with E-state index in [2.05, 4.69) is 4.74 Å². The Hall–Kier alpha value is -1.78. The highest BCUT2D eigenvalue weighted by Crippen LogP contribution is 2.33. The minimum Gasteiger partial charge on any atom is -0.469 e. The van der Waals surface area contributed by atoms with E-state index in [1.165, 1.54) is 13.2 Å². The van der Waals surface area contributed by atoms with Gasteiger partial charge < -0.3 is 4.74 Å². The Kier molecular flexibility index (Phi) is 3.64. The molecule has 0 radical (unpaired) electrons. The molecule has 0 fully saturated rings. The fourth-order valence-corrected chi connectivity index (χ4v) is 2.12. The van der Waals surface area contributed by atoms with Crippen molar-refractivity contribution in [2.75, 3.05) is 7.11 Å². The van der Waals surface area contributed by atoms with Gasteiger partial charge in [0.05, 0.1) is 19.1 Å². The Morgan fingerprint density at radius 1 is 1.32 bits per heavy atom. The van der Waals surface area contributed by atoms with E-state index in [9.17, 15) is 18.0 Å². The van der Waals surface area contributed by atoms with Crippen molar-refractivity contribution in [3.8, 4) is 0 Å². The highest BCUT2D eigenvalue weighted by Gasteiger charge is 2.31. The number of carbonyl (C=O) groups excluding carboxylic acids is 1. The van der Waals surface area contributed by atoms with E-state index in [1.807, 2.05) is 0 Å². The Labute approximate surface area is 108 Å². The summed E-state index contributed by atoms with van der Waals surface area (Å²) in [6, 6.07) is 3.73. The maximum Gasteiger partial charge on any atom is 0.416 e. The highest BCUT2D eigenvalue weighted by atomic mass is 19.4. The number of aryl methyl sites for hydroxylation is 1. The molecule has 2 nitrogen and oxygen atoms in total. The standard InChI is InChI=1S/C14H13F3O2/c1-19-13(18)7-9-2-3-10-4-5-12(14(15,16)17)8-11(10)6-9/h4-6,8H,2-3,7H2,1H3. The van der Waals surface area contributed by atoms with Gasteiger partial charge in [0.25, 0.3) is 0 Å². The van der Waals surface area contributed by atoms with Crippen LogP contribution in [-0.4, -0.2) is 13.1 Å². The van der Waals surface area contributed by atoms with Crippen molar-refractivity contribution >= 4 is 12.0 Å². The van der Waals surface area contributed by atoms with Crippen LogP contribution < -0.4 is 0 Å². The Morgan fingerprint density at radius 2 is 2.05 bits per heavy atom. The molecule has 0 aliphatic heterocycles. The number of hydrogen-bond donors (Lipinski definition) is 0. The van der Waals surface area contributed by atoms with Crippen molar-refractivity contribution in [3.05, 3.63) is 40.5 Å². The SMILES string of the molecule is COC(=O)CC1=Cc2cc(C(F)(F)F)ccc2CC1. The second-order valence-electron chi connectivity index (χ2n) is 4.47. The van der Waals surface area contributed by atoms with E-state index in [1.54, 1.807) is 6.08 Å². The minimum atomic E-state index is -4.34. The molecule has 2 rings (SSSR count). The van der Waals surface area contributed by atoms with Gasteiger partial charge in [0, 0.05) is 0 Å². The third-order valence-corrected chi connectivity index (χ3v) is 3.15. The normalized spacial score (nSPS) is 14.6. The van der Waals surface area contributed by atoms with E-state index in [4.69, 9.17) is 0 Å². The zero-order chi connectivity index (χ0) is 14.0. The van der Waals surface area contributed by atoms with Crippen LogP contribution in [0.5, 0.6) is 0 Å². The van der Waals surface area contributed by atoms with Crippen molar-refractivity contribution in [3.63, 3.8) is 0 Å². The Bertz CT molecular complexity index is 530. The second kappa shape index (κ2) is 5.07. The van der Waals surface area contributed by atoms with Crippen molar-refractivity contribution in [2.24, 2.45) is 0 Å². The molecule has 1 aromatic carbocycles. The largest absolute Gasteiger partial charge is 0.469 e. The summed E-state index contributed by atoms with van der Waals surface area (Å²) in [6.45, 7) is 0. The number of methoxy groups -OCH3 is 1. The first-order valence-electron chi connectivity index (χ1n) is 5.86. The maximum atomic E-state index is 12.6. The summed E-state index contributed by atoms with van der Waals surface area (Å²) in [6.07, 6.45) is -1.23. The van der Waals surface area contributed by atoms with Crippen LogP contribution in [0.3, 0.4) is 0 Å². The average molecular weight is 270 g/mol. The number of fused-ring (bicyclic) bond motifs is 1. The third kappa shape index (κ3) is 3.16. The van der Waals surface area contributed by atoms with Crippen molar-refractivity contribution in [1.29, 1.82) is 0 Å². The maximum absolute atomic E-state index is 12.6. The lowest BCUT2D eigenvalue weighted by Gasteiger charge is -2.17. The summed E-state index contributed by atoms with van der Waals surface area (Å²) in [4.78, 5) is 11.2. The first kappa shape index (κ1) is 13.6. The van der Waals surface area contributed by atoms with Gasteiger partial charge in [-0.25, -0.2) is 0 Å². The molecule has 1 aromatic rings. The van der Waals surface area contributed by atoms with Gasteiger partial charge in [-0.15, -0.1) is 0 Å². The van der Waals surface area contributed by atoms with Crippen LogP contribution in [0.15, 0.2) is 23.8 Å². The van der Waals surface area contributed by atoms with Gasteiger partial charge in [-0.3, -0.25) is 4.79 Å². The van der Waals surface area contributed by atoms with Gasteiger partial charge in [0.1, 0.15) is 0 Å². The molecule has 0 amide bonds. The molecule has 0 heterocycles. The van der Waals surface area contributed by atoms with Gasteiger partial charge in [-0.05, 0) is 36.1 Å². The molecule has 1 aliphatic rings. The molecule has 5 heteroatoms. The third-order valence-electron chi connectivity index (χ3n) is 3.15. The first-order chi connectivity index (χ1) is 8.90. The van der Waals surface area contributed by atoms with Gasteiger partial charge in [0.15, 0.2) is 0 Å². The number of carbonyl (C=O) groups is 1. The summed E-state index contributed by atoms with van der Waals surface area (Å²) < 4.78 is 42.4. The molecule has 0 bridgehead atoms. The first-order valence-corrected chi connectivity index (χ1v) is 5.86.